The molecule has 2 amide bonds. The summed E-state index contributed by atoms with van der Waals surface area (Å²) in [6.45, 7) is 2.36. The standard InChI is InChI=1S/C26H30FN3O10/c1-28-23(33)25(36,26(37,38)24(34,35)15-31)30-13-19-18(22(30)32)3-2-4-21(19)40-14-17-6-5-16(11-20(17)27)12-29-7-9-39-10-8-29/h2-6,11,15,34-38H,7-10,12-14H2,1H3,(H,28,33). The lowest BCUT2D eigenvalue weighted by molar-refractivity contribution is -0.398. The highest BCUT2D eigenvalue weighted by atomic mass is 19.1. The smallest absolute Gasteiger partial charge is 0.285 e. The third kappa shape index (κ3) is 5.06. The van der Waals surface area contributed by atoms with E-state index < -0.39 is 47.8 Å². The molecule has 2 aliphatic heterocycles. The fraction of sp³-hybridized carbons (Fsp3) is 0.423. The Morgan fingerprint density at radius 1 is 1.15 bits per heavy atom. The van der Waals surface area contributed by atoms with Crippen molar-refractivity contribution in [3.05, 3.63) is 64.5 Å². The predicted octanol–water partition coefficient (Wildman–Crippen LogP) is -1.81. The Morgan fingerprint density at radius 3 is 2.48 bits per heavy atom. The van der Waals surface area contributed by atoms with Gasteiger partial charge in [0.2, 0.25) is 0 Å². The third-order valence-corrected chi connectivity index (χ3v) is 7.03. The first-order chi connectivity index (χ1) is 18.9. The van der Waals surface area contributed by atoms with Gasteiger partial charge in [0.25, 0.3) is 29.1 Å². The van der Waals surface area contributed by atoms with Crippen LogP contribution in [0.5, 0.6) is 5.75 Å². The van der Waals surface area contributed by atoms with E-state index >= 15 is 0 Å². The highest BCUT2D eigenvalue weighted by Crippen LogP contribution is 2.40. The number of hydrogen-bond acceptors (Lipinski definition) is 11. The second-order valence-electron chi connectivity index (χ2n) is 9.54. The number of carbonyl (C=O) groups excluding carboxylic acids is 3. The Labute approximate surface area is 228 Å². The van der Waals surface area contributed by atoms with Gasteiger partial charge in [-0.05, 0) is 23.8 Å². The SMILES string of the molecule is CNC(=O)C(O)(N1Cc2c(OCc3ccc(CN4CCOCC4)cc3F)cccc2C1=O)C(O)(O)C(O)(O)C=O. The quantitative estimate of drug-likeness (QED) is 0.141. The minimum Gasteiger partial charge on any atom is -0.488 e. The second-order valence-corrected chi connectivity index (χ2v) is 9.54. The van der Waals surface area contributed by atoms with Gasteiger partial charge in [0.05, 0.1) is 19.8 Å². The monoisotopic (exact) mass is 563 g/mol. The second kappa shape index (κ2) is 11.2. The molecule has 1 fully saturated rings. The first kappa shape index (κ1) is 29.5. The van der Waals surface area contributed by atoms with Crippen LogP contribution in [0, 0.1) is 5.82 Å². The lowest BCUT2D eigenvalue weighted by Gasteiger charge is -2.46. The van der Waals surface area contributed by atoms with E-state index in [0.717, 1.165) is 25.7 Å². The molecule has 0 saturated carbocycles. The van der Waals surface area contributed by atoms with Crippen LogP contribution >= 0.6 is 0 Å². The molecule has 0 bridgehead atoms. The fourth-order valence-electron chi connectivity index (χ4n) is 4.66. The zero-order valence-electron chi connectivity index (χ0n) is 21.5. The number of benzene rings is 2. The van der Waals surface area contributed by atoms with Crippen molar-refractivity contribution in [2.24, 2.45) is 0 Å². The van der Waals surface area contributed by atoms with Gasteiger partial charge in [-0.2, -0.15) is 0 Å². The normalized spacial score (nSPS) is 17.8. The Kier molecular flexibility index (Phi) is 8.23. The largest absolute Gasteiger partial charge is 0.488 e. The van der Waals surface area contributed by atoms with Crippen LogP contribution in [0.1, 0.15) is 27.0 Å². The summed E-state index contributed by atoms with van der Waals surface area (Å²) in [4.78, 5) is 39.4. The molecule has 1 atom stereocenters. The van der Waals surface area contributed by atoms with E-state index in [0.29, 0.717) is 19.8 Å². The van der Waals surface area contributed by atoms with Crippen LogP contribution in [0.3, 0.4) is 0 Å². The summed E-state index contributed by atoms with van der Waals surface area (Å²) in [7, 11) is 0.976. The van der Waals surface area contributed by atoms with Crippen molar-refractivity contribution in [3.8, 4) is 5.75 Å². The van der Waals surface area contributed by atoms with Crippen molar-refractivity contribution in [2.45, 2.75) is 37.0 Å². The number of likely N-dealkylation sites (N-methyl/N-ethyl adjacent to an activating group) is 1. The summed E-state index contributed by atoms with van der Waals surface area (Å²) >= 11 is 0. The molecule has 40 heavy (non-hydrogen) atoms. The zero-order valence-corrected chi connectivity index (χ0v) is 21.5. The van der Waals surface area contributed by atoms with E-state index in [1.54, 1.807) is 12.1 Å². The molecule has 1 unspecified atom stereocenters. The number of hydrogen-bond donors (Lipinski definition) is 6. The molecule has 0 aliphatic carbocycles. The lowest BCUT2D eigenvalue weighted by atomic mass is 9.91. The molecule has 2 aromatic rings. The molecular formula is C26H30FN3O10. The number of halogens is 1. The van der Waals surface area contributed by atoms with Crippen molar-refractivity contribution >= 4 is 18.1 Å². The van der Waals surface area contributed by atoms with Crippen molar-refractivity contribution in [1.82, 2.24) is 15.1 Å². The van der Waals surface area contributed by atoms with E-state index in [-0.39, 0.29) is 33.9 Å². The number of aldehydes is 1. The highest BCUT2D eigenvalue weighted by Gasteiger charge is 2.70. The summed E-state index contributed by atoms with van der Waals surface area (Å²) in [5.74, 6) is -11.5. The van der Waals surface area contributed by atoms with E-state index in [2.05, 4.69) is 4.90 Å². The number of nitrogens with zero attached hydrogens (tertiary/aromatic N) is 2. The van der Waals surface area contributed by atoms with Crippen molar-refractivity contribution < 1.29 is 53.8 Å². The number of rotatable bonds is 10. The van der Waals surface area contributed by atoms with E-state index in [1.807, 2.05) is 5.32 Å². The van der Waals surface area contributed by atoms with Crippen molar-refractivity contribution in [3.63, 3.8) is 0 Å². The van der Waals surface area contributed by atoms with Gasteiger partial charge in [-0.15, -0.1) is 0 Å². The molecule has 2 aromatic carbocycles. The number of aliphatic hydroxyl groups is 5. The van der Waals surface area contributed by atoms with Crippen LogP contribution in [0.15, 0.2) is 36.4 Å². The van der Waals surface area contributed by atoms with Gasteiger partial charge in [-0.25, -0.2) is 4.39 Å². The summed E-state index contributed by atoms with van der Waals surface area (Å²) in [6.07, 6.45) is -0.718. The number of ether oxygens (including phenoxy) is 2. The van der Waals surface area contributed by atoms with Crippen LogP contribution in [-0.2, 0) is 34.0 Å². The number of fused-ring (bicyclic) bond motifs is 1. The lowest BCUT2D eigenvalue weighted by Crippen LogP contribution is -2.78. The number of carbonyl (C=O) groups is 3. The average molecular weight is 564 g/mol. The summed E-state index contributed by atoms with van der Waals surface area (Å²) in [5.41, 5.74) is -2.80. The molecule has 0 spiro atoms. The molecule has 6 N–H and O–H groups in total. The molecular weight excluding hydrogens is 533 g/mol. The summed E-state index contributed by atoms with van der Waals surface area (Å²) < 4.78 is 26.0. The van der Waals surface area contributed by atoms with Gasteiger partial charge in [0.1, 0.15) is 18.2 Å². The molecule has 1 saturated heterocycles. The van der Waals surface area contributed by atoms with Gasteiger partial charge in [0.15, 0.2) is 6.29 Å². The molecule has 4 rings (SSSR count). The Bertz CT molecular complexity index is 1300. The number of morpholine rings is 1. The van der Waals surface area contributed by atoms with Crippen LogP contribution in [0.4, 0.5) is 4.39 Å². The van der Waals surface area contributed by atoms with Crippen molar-refractivity contribution in [2.75, 3.05) is 33.4 Å². The molecule has 14 heteroatoms. The van der Waals surface area contributed by atoms with Gasteiger partial charge >= 0.3 is 0 Å². The highest BCUT2D eigenvalue weighted by molar-refractivity contribution is 6.03. The molecule has 0 radical (unpaired) electrons. The van der Waals surface area contributed by atoms with Gasteiger partial charge in [0, 0.05) is 43.4 Å². The average Bonchev–Trinajstić information content (AvgIpc) is 3.29. The van der Waals surface area contributed by atoms with E-state index in [9.17, 15) is 44.3 Å². The molecule has 2 heterocycles. The van der Waals surface area contributed by atoms with Gasteiger partial charge < -0.3 is 40.3 Å². The maximum atomic E-state index is 14.9. The molecule has 216 valence electrons. The molecule has 0 aromatic heterocycles. The maximum Gasteiger partial charge on any atom is 0.285 e. The summed E-state index contributed by atoms with van der Waals surface area (Å²) in [6, 6.07) is 8.91. The number of nitrogens with one attached hydrogen (secondary N) is 1. The minimum absolute atomic E-state index is 0.0560. The van der Waals surface area contributed by atoms with Crippen molar-refractivity contribution in [1.29, 1.82) is 0 Å². The zero-order chi connectivity index (χ0) is 29.3. The maximum absolute atomic E-state index is 14.9. The first-order valence-electron chi connectivity index (χ1n) is 12.3. The third-order valence-electron chi connectivity index (χ3n) is 7.03. The van der Waals surface area contributed by atoms with E-state index in [1.165, 1.54) is 24.3 Å². The van der Waals surface area contributed by atoms with Crippen LogP contribution < -0.4 is 10.1 Å². The molecule has 2 aliphatic rings. The Hall–Kier alpha value is -3.50. The molecule has 13 nitrogen and oxygen atoms in total. The Morgan fingerprint density at radius 2 is 1.85 bits per heavy atom. The Balaban J connectivity index is 1.56. The van der Waals surface area contributed by atoms with E-state index in [4.69, 9.17) is 9.47 Å². The summed E-state index contributed by atoms with van der Waals surface area (Å²) in [5, 5.41) is 53.6. The van der Waals surface area contributed by atoms with Crippen LogP contribution in [-0.4, -0.2) is 104 Å². The number of amides is 2. The fourth-order valence-corrected chi connectivity index (χ4v) is 4.66. The van der Waals surface area contributed by atoms with Gasteiger partial charge in [-0.3, -0.25) is 24.2 Å². The van der Waals surface area contributed by atoms with Crippen LogP contribution in [0.2, 0.25) is 0 Å². The van der Waals surface area contributed by atoms with Crippen LogP contribution in [0.25, 0.3) is 0 Å². The van der Waals surface area contributed by atoms with Gasteiger partial charge in [-0.1, -0.05) is 18.2 Å². The minimum atomic E-state index is -4.27. The topological polar surface area (TPSA) is 189 Å². The first-order valence-corrected chi connectivity index (χ1v) is 12.3. The predicted molar refractivity (Wildman–Crippen MR) is 133 cm³/mol.